The zero-order chi connectivity index (χ0) is 22.2. The van der Waals surface area contributed by atoms with Gasteiger partial charge in [-0.1, -0.05) is 31.4 Å². The molecule has 0 aliphatic heterocycles. The number of rotatable bonds is 4. The number of aryl methyl sites for hydroxylation is 1. The fourth-order valence-electron chi connectivity index (χ4n) is 4.69. The minimum atomic E-state index is -0.282. The van der Waals surface area contributed by atoms with Gasteiger partial charge in [-0.3, -0.25) is 4.79 Å². The average Bonchev–Trinajstić information content (AvgIpc) is 3.19. The number of fused-ring (bicyclic) bond motifs is 3. The molecule has 0 atom stereocenters. The van der Waals surface area contributed by atoms with Gasteiger partial charge in [0.2, 0.25) is 0 Å². The van der Waals surface area contributed by atoms with Crippen molar-refractivity contribution >= 4 is 22.5 Å². The topological polar surface area (TPSA) is 88.5 Å². The molecule has 1 saturated carbocycles. The number of aromatic amines is 1. The predicted octanol–water partition coefficient (Wildman–Crippen LogP) is 4.22. The number of aromatic nitrogens is 3. The smallest absolute Gasteiger partial charge is 0.348 e. The Morgan fingerprint density at radius 2 is 1.88 bits per heavy atom. The number of amides is 1. The third-order valence-corrected chi connectivity index (χ3v) is 6.43. The summed E-state index contributed by atoms with van der Waals surface area (Å²) in [6.07, 6.45) is 5.72. The molecule has 164 valence electrons. The van der Waals surface area contributed by atoms with Crippen LogP contribution in [-0.2, 0) is 0 Å². The van der Waals surface area contributed by atoms with Crippen molar-refractivity contribution in [3.8, 4) is 16.9 Å². The van der Waals surface area contributed by atoms with Crippen molar-refractivity contribution in [1.82, 2.24) is 19.9 Å². The molecule has 0 spiro atoms. The summed E-state index contributed by atoms with van der Waals surface area (Å²) in [5.74, 6) is 0.673. The summed E-state index contributed by atoms with van der Waals surface area (Å²) < 4.78 is 7.24. The van der Waals surface area contributed by atoms with Crippen LogP contribution in [0.1, 0.15) is 48.0 Å². The first-order valence-electron chi connectivity index (χ1n) is 11.0. The minimum absolute atomic E-state index is 0.0313. The van der Waals surface area contributed by atoms with Crippen LogP contribution >= 0.6 is 0 Å². The summed E-state index contributed by atoms with van der Waals surface area (Å²) in [5.41, 5.74) is 4.45. The van der Waals surface area contributed by atoms with Gasteiger partial charge >= 0.3 is 5.69 Å². The molecule has 2 N–H and O–H groups in total. The van der Waals surface area contributed by atoms with Crippen LogP contribution in [0.5, 0.6) is 5.75 Å². The summed E-state index contributed by atoms with van der Waals surface area (Å²) in [7, 11) is 1.63. The second-order valence-corrected chi connectivity index (χ2v) is 8.51. The highest BCUT2D eigenvalue weighted by Gasteiger charge is 2.18. The molecule has 1 amide bonds. The van der Waals surface area contributed by atoms with Crippen molar-refractivity contribution < 1.29 is 9.53 Å². The van der Waals surface area contributed by atoms with Gasteiger partial charge in [-0.05, 0) is 61.2 Å². The Kier molecular flexibility index (Phi) is 5.17. The van der Waals surface area contributed by atoms with Crippen LogP contribution in [0.15, 0.2) is 47.3 Å². The Labute approximate surface area is 185 Å². The van der Waals surface area contributed by atoms with Crippen LogP contribution < -0.4 is 15.7 Å². The standard InChI is InChI=1S/C25H26N4O3/c1-15-12-23-27-28-25(31)29(23)21-13-20(22(32-2)14-19(15)21)16-8-10-17(11-9-16)24(30)26-18-6-4-3-5-7-18/h8-14,18H,3-7H2,1-2H3,(H,26,30)(H,28,31). The molecule has 0 radical (unpaired) electrons. The van der Waals surface area contributed by atoms with E-state index in [1.54, 1.807) is 11.5 Å². The number of ether oxygens (including phenoxy) is 1. The van der Waals surface area contributed by atoms with Crippen molar-refractivity contribution in [2.24, 2.45) is 0 Å². The molecule has 0 saturated heterocycles. The van der Waals surface area contributed by atoms with E-state index >= 15 is 0 Å². The molecule has 4 aromatic rings. The van der Waals surface area contributed by atoms with E-state index in [0.29, 0.717) is 17.0 Å². The molecule has 2 heterocycles. The lowest BCUT2D eigenvalue weighted by atomic mass is 9.95. The van der Waals surface area contributed by atoms with Crippen LogP contribution in [0.2, 0.25) is 0 Å². The predicted molar refractivity (Wildman–Crippen MR) is 124 cm³/mol. The van der Waals surface area contributed by atoms with E-state index < -0.39 is 0 Å². The molecule has 7 heteroatoms. The Morgan fingerprint density at radius 1 is 1.12 bits per heavy atom. The molecule has 32 heavy (non-hydrogen) atoms. The van der Waals surface area contributed by atoms with Gasteiger partial charge in [-0.15, -0.1) is 0 Å². The number of benzene rings is 2. The summed E-state index contributed by atoms with van der Waals surface area (Å²) in [4.78, 5) is 25.0. The highest BCUT2D eigenvalue weighted by Crippen LogP contribution is 2.35. The Morgan fingerprint density at radius 3 is 2.59 bits per heavy atom. The average molecular weight is 431 g/mol. The molecule has 1 fully saturated rings. The first-order valence-corrected chi connectivity index (χ1v) is 11.0. The van der Waals surface area contributed by atoms with E-state index in [-0.39, 0.29) is 17.6 Å². The number of pyridine rings is 1. The van der Waals surface area contributed by atoms with Crippen LogP contribution in [0.3, 0.4) is 0 Å². The minimum Gasteiger partial charge on any atom is -0.496 e. The van der Waals surface area contributed by atoms with E-state index in [1.165, 1.54) is 19.3 Å². The zero-order valence-electron chi connectivity index (χ0n) is 18.3. The maximum absolute atomic E-state index is 12.7. The fraction of sp³-hybridized carbons (Fsp3) is 0.320. The molecule has 5 rings (SSSR count). The van der Waals surface area contributed by atoms with E-state index in [9.17, 15) is 9.59 Å². The number of hydrogen-bond donors (Lipinski definition) is 2. The number of carbonyl (C=O) groups is 1. The van der Waals surface area contributed by atoms with Crippen LogP contribution in [-0.4, -0.2) is 33.7 Å². The van der Waals surface area contributed by atoms with Gasteiger partial charge < -0.3 is 10.1 Å². The van der Waals surface area contributed by atoms with E-state index in [0.717, 1.165) is 40.4 Å². The lowest BCUT2D eigenvalue weighted by molar-refractivity contribution is 0.0927. The molecule has 1 aliphatic carbocycles. The quantitative estimate of drug-likeness (QED) is 0.507. The van der Waals surface area contributed by atoms with Gasteiger partial charge in [0.05, 0.1) is 12.6 Å². The van der Waals surface area contributed by atoms with Crippen molar-refractivity contribution in [3.63, 3.8) is 0 Å². The summed E-state index contributed by atoms with van der Waals surface area (Å²) in [5, 5.41) is 10.7. The van der Waals surface area contributed by atoms with Gasteiger partial charge in [0.15, 0.2) is 5.65 Å². The van der Waals surface area contributed by atoms with Crippen LogP contribution in [0.4, 0.5) is 0 Å². The lowest BCUT2D eigenvalue weighted by Gasteiger charge is -2.22. The third-order valence-electron chi connectivity index (χ3n) is 6.43. The largest absolute Gasteiger partial charge is 0.496 e. The summed E-state index contributed by atoms with van der Waals surface area (Å²) >= 11 is 0. The van der Waals surface area contributed by atoms with E-state index in [4.69, 9.17) is 4.74 Å². The second-order valence-electron chi connectivity index (χ2n) is 8.51. The maximum Gasteiger partial charge on any atom is 0.348 e. The van der Waals surface area contributed by atoms with Crippen LogP contribution in [0, 0.1) is 6.92 Å². The van der Waals surface area contributed by atoms with Gasteiger partial charge in [0.1, 0.15) is 5.75 Å². The van der Waals surface area contributed by atoms with Crippen molar-refractivity contribution in [2.45, 2.75) is 45.1 Å². The van der Waals surface area contributed by atoms with Crippen LogP contribution in [0.25, 0.3) is 27.7 Å². The van der Waals surface area contributed by atoms with Crippen molar-refractivity contribution in [3.05, 3.63) is 64.1 Å². The molecular formula is C25H26N4O3. The number of H-pyrrole nitrogens is 1. The number of methoxy groups -OCH3 is 1. The SMILES string of the molecule is COc1cc2c(C)cc3n[nH]c(=O)n3c2cc1-c1ccc(C(=O)NC2CCCCC2)cc1. The third kappa shape index (κ3) is 3.53. The monoisotopic (exact) mass is 430 g/mol. The molecular weight excluding hydrogens is 404 g/mol. The zero-order valence-corrected chi connectivity index (χ0v) is 18.3. The Bertz CT molecular complexity index is 1360. The first-order chi connectivity index (χ1) is 15.5. The van der Waals surface area contributed by atoms with Crippen molar-refractivity contribution in [1.29, 1.82) is 0 Å². The summed E-state index contributed by atoms with van der Waals surface area (Å²) in [6, 6.07) is 13.6. The highest BCUT2D eigenvalue weighted by atomic mass is 16.5. The molecule has 2 aromatic heterocycles. The molecule has 0 bridgehead atoms. The number of hydrogen-bond acceptors (Lipinski definition) is 4. The highest BCUT2D eigenvalue weighted by molar-refractivity contribution is 5.96. The molecule has 7 nitrogen and oxygen atoms in total. The first kappa shape index (κ1) is 20.3. The molecule has 0 unspecified atom stereocenters. The Hall–Kier alpha value is -3.61. The summed E-state index contributed by atoms with van der Waals surface area (Å²) in [6.45, 7) is 1.99. The second kappa shape index (κ2) is 8.15. The molecule has 1 aliphatic rings. The Balaban J connectivity index is 1.53. The van der Waals surface area contributed by atoms with Gasteiger partial charge in [-0.25, -0.2) is 14.3 Å². The van der Waals surface area contributed by atoms with Crippen molar-refractivity contribution in [2.75, 3.05) is 7.11 Å². The molecule has 2 aromatic carbocycles. The number of carbonyl (C=O) groups excluding carboxylic acids is 1. The lowest BCUT2D eigenvalue weighted by Crippen LogP contribution is -2.36. The number of nitrogens with one attached hydrogen (secondary N) is 2. The van der Waals surface area contributed by atoms with Gasteiger partial charge in [-0.2, -0.15) is 5.10 Å². The number of nitrogens with zero attached hydrogens (tertiary/aromatic N) is 2. The van der Waals surface area contributed by atoms with Gasteiger partial charge in [0, 0.05) is 22.6 Å². The fourth-order valence-corrected chi connectivity index (χ4v) is 4.69. The van der Waals surface area contributed by atoms with E-state index in [2.05, 4.69) is 15.5 Å². The maximum atomic E-state index is 12.7. The normalized spacial score (nSPS) is 14.7. The van der Waals surface area contributed by atoms with Gasteiger partial charge in [0.25, 0.3) is 5.91 Å². The van der Waals surface area contributed by atoms with E-state index in [1.807, 2.05) is 49.4 Å².